The first-order valence-electron chi connectivity index (χ1n) is 7.06. The van der Waals surface area contributed by atoms with Gasteiger partial charge in [-0.3, -0.25) is 14.4 Å². The molecule has 1 aliphatic rings. The number of amides is 1. The van der Waals surface area contributed by atoms with Gasteiger partial charge in [-0.25, -0.2) is 0 Å². The van der Waals surface area contributed by atoms with E-state index in [0.29, 0.717) is 5.56 Å². The number of benzene rings is 2. The summed E-state index contributed by atoms with van der Waals surface area (Å²) in [5, 5.41) is 11.2. The topological polar surface area (TPSA) is 109 Å². The number of hydrogen-bond acceptors (Lipinski definition) is 5. The average molecular weight is 310 g/mol. The van der Waals surface area contributed by atoms with Crippen LogP contribution in [-0.4, -0.2) is 35.7 Å². The van der Waals surface area contributed by atoms with E-state index >= 15 is 0 Å². The minimum Gasteiger partial charge on any atom is -0.397 e. The molecule has 0 unspecified atom stereocenters. The molecule has 3 rings (SSSR count). The zero-order valence-corrected chi connectivity index (χ0v) is 12.1. The zero-order valence-electron chi connectivity index (χ0n) is 12.1. The fraction of sp³-hybridized carbons (Fsp3) is 0.118. The van der Waals surface area contributed by atoms with Crippen molar-refractivity contribution < 1.29 is 19.5 Å². The van der Waals surface area contributed by atoms with Crippen molar-refractivity contribution in [2.75, 3.05) is 18.9 Å². The van der Waals surface area contributed by atoms with Crippen LogP contribution in [0, 0.1) is 0 Å². The Morgan fingerprint density at radius 1 is 1.00 bits per heavy atom. The van der Waals surface area contributed by atoms with Gasteiger partial charge in [0.25, 0.3) is 5.91 Å². The van der Waals surface area contributed by atoms with Crippen LogP contribution in [0.3, 0.4) is 0 Å². The number of nitrogen functional groups attached to an aromatic ring is 1. The molecule has 4 N–H and O–H groups in total. The molecule has 6 nitrogen and oxygen atoms in total. The zero-order chi connectivity index (χ0) is 16.6. The number of ketones is 2. The lowest BCUT2D eigenvalue weighted by atomic mass is 9.82. The van der Waals surface area contributed by atoms with Crippen LogP contribution in [0.25, 0.3) is 0 Å². The third-order valence-electron chi connectivity index (χ3n) is 3.78. The maximum atomic E-state index is 12.7. The van der Waals surface area contributed by atoms with Crippen LogP contribution in [-0.2, 0) is 0 Å². The summed E-state index contributed by atoms with van der Waals surface area (Å²) in [4.78, 5) is 37.2. The second kappa shape index (κ2) is 5.66. The fourth-order valence-electron chi connectivity index (χ4n) is 2.67. The summed E-state index contributed by atoms with van der Waals surface area (Å²) >= 11 is 0. The highest BCUT2D eigenvalue weighted by molar-refractivity contribution is 6.30. The molecule has 0 radical (unpaired) electrons. The number of fused-ring (bicyclic) bond motifs is 2. The molecule has 116 valence electrons. The van der Waals surface area contributed by atoms with Gasteiger partial charge in [-0.15, -0.1) is 0 Å². The van der Waals surface area contributed by atoms with Gasteiger partial charge in [-0.2, -0.15) is 0 Å². The molecular formula is C17H14N2O4. The quantitative estimate of drug-likeness (QED) is 0.619. The minimum atomic E-state index is -0.501. The maximum Gasteiger partial charge on any atom is 0.253 e. The summed E-state index contributed by atoms with van der Waals surface area (Å²) in [6.45, 7) is -0.132. The van der Waals surface area contributed by atoms with Gasteiger partial charge in [0.1, 0.15) is 0 Å². The Balaban J connectivity index is 2.13. The second-order valence-corrected chi connectivity index (χ2v) is 5.13. The number of carbonyl (C=O) groups excluding carboxylic acids is 3. The second-order valence-electron chi connectivity index (χ2n) is 5.13. The molecule has 0 heterocycles. The first kappa shape index (κ1) is 14.9. The normalized spacial score (nSPS) is 12.6. The van der Waals surface area contributed by atoms with Gasteiger partial charge in [0.15, 0.2) is 11.6 Å². The number of nitrogens with two attached hydrogens (primary N) is 1. The van der Waals surface area contributed by atoms with Gasteiger partial charge >= 0.3 is 0 Å². The molecule has 0 saturated carbocycles. The van der Waals surface area contributed by atoms with E-state index in [1.165, 1.54) is 12.1 Å². The molecule has 0 fully saturated rings. The molecule has 0 atom stereocenters. The van der Waals surface area contributed by atoms with Crippen LogP contribution in [0.4, 0.5) is 5.69 Å². The van der Waals surface area contributed by atoms with E-state index in [-0.39, 0.29) is 52.7 Å². The standard InChI is InChI=1S/C17H14N2O4/c18-14-12(17(23)19-7-8-20)6-5-11-13(14)16(22)10-4-2-1-3-9(10)15(11)21/h1-6,20H,7-8,18H2,(H,19,23). The molecule has 0 aromatic heterocycles. The van der Waals surface area contributed by atoms with E-state index in [9.17, 15) is 14.4 Å². The number of hydrogen-bond donors (Lipinski definition) is 3. The first-order valence-corrected chi connectivity index (χ1v) is 7.06. The molecule has 0 aliphatic heterocycles. The predicted octanol–water partition coefficient (Wildman–Crippen LogP) is 0.766. The number of anilines is 1. The molecule has 0 saturated heterocycles. The van der Waals surface area contributed by atoms with Crippen molar-refractivity contribution >= 4 is 23.2 Å². The molecular weight excluding hydrogens is 296 g/mol. The maximum absolute atomic E-state index is 12.7. The van der Waals surface area contributed by atoms with Crippen LogP contribution in [0.15, 0.2) is 36.4 Å². The third kappa shape index (κ3) is 2.29. The van der Waals surface area contributed by atoms with Gasteiger partial charge in [0.2, 0.25) is 0 Å². The predicted molar refractivity (Wildman–Crippen MR) is 83.6 cm³/mol. The van der Waals surface area contributed by atoms with Crippen LogP contribution in [0.2, 0.25) is 0 Å². The molecule has 1 amide bonds. The van der Waals surface area contributed by atoms with Gasteiger partial charge in [0.05, 0.1) is 23.4 Å². The van der Waals surface area contributed by atoms with Crippen molar-refractivity contribution in [2.24, 2.45) is 0 Å². The van der Waals surface area contributed by atoms with Crippen LogP contribution < -0.4 is 11.1 Å². The summed E-state index contributed by atoms with van der Waals surface area (Å²) < 4.78 is 0. The molecule has 6 heteroatoms. The number of aliphatic hydroxyl groups is 1. The van der Waals surface area contributed by atoms with Gasteiger partial charge in [-0.1, -0.05) is 24.3 Å². The summed E-state index contributed by atoms with van der Waals surface area (Å²) in [7, 11) is 0. The van der Waals surface area contributed by atoms with E-state index in [1.54, 1.807) is 24.3 Å². The van der Waals surface area contributed by atoms with Gasteiger partial charge in [0, 0.05) is 23.2 Å². The summed E-state index contributed by atoms with van der Waals surface area (Å²) in [6, 6.07) is 9.38. The van der Waals surface area contributed by atoms with E-state index in [4.69, 9.17) is 10.8 Å². The Kier molecular flexibility index (Phi) is 3.67. The average Bonchev–Trinajstić information content (AvgIpc) is 2.57. The number of carbonyl (C=O) groups is 3. The molecule has 2 aromatic rings. The van der Waals surface area contributed by atoms with Crippen LogP contribution in [0.5, 0.6) is 0 Å². The number of rotatable bonds is 3. The Bertz CT molecular complexity index is 842. The lowest BCUT2D eigenvalue weighted by Gasteiger charge is -2.20. The van der Waals surface area contributed by atoms with Crippen molar-refractivity contribution in [3.05, 3.63) is 64.2 Å². The highest BCUT2D eigenvalue weighted by Gasteiger charge is 2.32. The van der Waals surface area contributed by atoms with Gasteiger partial charge in [-0.05, 0) is 12.1 Å². The third-order valence-corrected chi connectivity index (χ3v) is 3.78. The van der Waals surface area contributed by atoms with Crippen molar-refractivity contribution in [3.63, 3.8) is 0 Å². The monoisotopic (exact) mass is 310 g/mol. The Morgan fingerprint density at radius 2 is 1.65 bits per heavy atom. The summed E-state index contributed by atoms with van der Waals surface area (Å²) in [5.74, 6) is -1.16. The summed E-state index contributed by atoms with van der Waals surface area (Å²) in [5.41, 5.74) is 6.95. The van der Waals surface area contributed by atoms with E-state index in [1.807, 2.05) is 0 Å². The van der Waals surface area contributed by atoms with Crippen LogP contribution in [0.1, 0.15) is 42.2 Å². The molecule has 23 heavy (non-hydrogen) atoms. The van der Waals surface area contributed by atoms with Crippen molar-refractivity contribution in [1.82, 2.24) is 5.32 Å². The highest BCUT2D eigenvalue weighted by Crippen LogP contribution is 2.32. The first-order chi connectivity index (χ1) is 11.1. The smallest absolute Gasteiger partial charge is 0.253 e. The van der Waals surface area contributed by atoms with Crippen molar-refractivity contribution in [1.29, 1.82) is 0 Å². The SMILES string of the molecule is Nc1c(C(=O)NCCO)ccc2c1C(=O)c1ccccc1C2=O. The Hall–Kier alpha value is -2.99. The highest BCUT2D eigenvalue weighted by atomic mass is 16.3. The molecule has 0 bridgehead atoms. The molecule has 2 aromatic carbocycles. The van der Waals surface area contributed by atoms with Crippen molar-refractivity contribution in [3.8, 4) is 0 Å². The molecule has 0 spiro atoms. The van der Waals surface area contributed by atoms with Crippen molar-refractivity contribution in [2.45, 2.75) is 0 Å². The Labute approximate surface area is 131 Å². The van der Waals surface area contributed by atoms with E-state index < -0.39 is 5.91 Å². The van der Waals surface area contributed by atoms with E-state index in [2.05, 4.69) is 5.32 Å². The van der Waals surface area contributed by atoms with E-state index in [0.717, 1.165) is 0 Å². The lowest BCUT2D eigenvalue weighted by Crippen LogP contribution is -2.29. The number of aliphatic hydroxyl groups excluding tert-OH is 1. The minimum absolute atomic E-state index is 0.0224. The fourth-order valence-corrected chi connectivity index (χ4v) is 2.67. The Morgan fingerprint density at radius 3 is 2.30 bits per heavy atom. The van der Waals surface area contributed by atoms with Gasteiger partial charge < -0.3 is 16.2 Å². The van der Waals surface area contributed by atoms with Crippen LogP contribution >= 0.6 is 0 Å². The molecule has 1 aliphatic carbocycles. The summed E-state index contributed by atoms with van der Waals surface area (Å²) in [6.07, 6.45) is 0. The number of nitrogens with one attached hydrogen (secondary N) is 1. The lowest BCUT2D eigenvalue weighted by molar-refractivity contribution is 0.0944. The largest absolute Gasteiger partial charge is 0.397 e.